The molecule has 0 aliphatic carbocycles. The number of piperidine rings is 1. The number of ketones is 1. The van der Waals surface area contributed by atoms with Crippen LogP contribution in [0.5, 0.6) is 0 Å². The van der Waals surface area contributed by atoms with Gasteiger partial charge in [-0.2, -0.15) is 0 Å². The standard InChI is InChI=1S/C20H21NO5/c22-19(15-6-7-24-11-15)16-8-17-12-25-13-18(9-16)21(17)20(23)26-10-14-4-2-1-3-5-14/h1-7,11,16-18H,8-10,12-13H2. The van der Waals surface area contributed by atoms with Crippen molar-refractivity contribution >= 4 is 11.9 Å². The summed E-state index contributed by atoms with van der Waals surface area (Å²) in [5, 5.41) is 0. The van der Waals surface area contributed by atoms with Crippen molar-refractivity contribution in [3.8, 4) is 0 Å². The highest BCUT2D eigenvalue weighted by atomic mass is 16.6. The lowest BCUT2D eigenvalue weighted by molar-refractivity contribution is -0.0755. The van der Waals surface area contributed by atoms with Gasteiger partial charge >= 0.3 is 6.09 Å². The van der Waals surface area contributed by atoms with Crippen LogP contribution in [0.4, 0.5) is 4.79 Å². The highest BCUT2D eigenvalue weighted by molar-refractivity contribution is 5.97. The Labute approximate surface area is 151 Å². The van der Waals surface area contributed by atoms with Gasteiger partial charge < -0.3 is 13.9 Å². The molecule has 2 aromatic rings. The van der Waals surface area contributed by atoms with Crippen LogP contribution in [-0.4, -0.2) is 42.1 Å². The number of carbonyl (C=O) groups is 2. The minimum absolute atomic E-state index is 0.0768. The van der Waals surface area contributed by atoms with Crippen molar-refractivity contribution < 1.29 is 23.5 Å². The van der Waals surface area contributed by atoms with Gasteiger partial charge in [0.15, 0.2) is 5.78 Å². The summed E-state index contributed by atoms with van der Waals surface area (Å²) in [5.41, 5.74) is 1.54. The van der Waals surface area contributed by atoms with Crippen molar-refractivity contribution in [2.45, 2.75) is 31.5 Å². The number of benzene rings is 1. The highest BCUT2D eigenvalue weighted by Crippen LogP contribution is 2.34. The molecular weight excluding hydrogens is 334 g/mol. The van der Waals surface area contributed by atoms with Crippen LogP contribution in [-0.2, 0) is 16.1 Å². The van der Waals surface area contributed by atoms with Gasteiger partial charge in [0.05, 0.1) is 37.1 Å². The molecule has 2 aliphatic rings. The first-order valence-corrected chi connectivity index (χ1v) is 8.85. The minimum Gasteiger partial charge on any atom is -0.472 e. The average molecular weight is 355 g/mol. The second-order valence-electron chi connectivity index (χ2n) is 6.84. The molecule has 0 saturated carbocycles. The number of Topliss-reactive ketones (excluding diaryl/α,β-unsaturated/α-hetero) is 1. The first kappa shape index (κ1) is 16.8. The maximum absolute atomic E-state index is 12.6. The summed E-state index contributed by atoms with van der Waals surface area (Å²) in [6.45, 7) is 1.12. The van der Waals surface area contributed by atoms with E-state index < -0.39 is 0 Å². The number of carbonyl (C=O) groups excluding carboxylic acids is 2. The number of hydrogen-bond acceptors (Lipinski definition) is 5. The van der Waals surface area contributed by atoms with Crippen LogP contribution in [0, 0.1) is 5.92 Å². The molecule has 2 unspecified atom stereocenters. The van der Waals surface area contributed by atoms with Crippen LogP contribution in [0.15, 0.2) is 53.3 Å². The Hall–Kier alpha value is -2.60. The molecule has 1 amide bonds. The van der Waals surface area contributed by atoms with Crippen molar-refractivity contribution in [2.24, 2.45) is 5.92 Å². The number of morpholine rings is 1. The predicted molar refractivity (Wildman–Crippen MR) is 92.6 cm³/mol. The normalized spacial score (nSPS) is 24.9. The van der Waals surface area contributed by atoms with E-state index in [4.69, 9.17) is 13.9 Å². The molecule has 0 spiro atoms. The number of furan rings is 1. The van der Waals surface area contributed by atoms with E-state index in [0.29, 0.717) is 31.6 Å². The minimum atomic E-state index is -0.332. The Bertz CT molecular complexity index is 744. The lowest BCUT2D eigenvalue weighted by Gasteiger charge is -2.47. The van der Waals surface area contributed by atoms with Crippen molar-refractivity contribution in [3.63, 3.8) is 0 Å². The molecule has 136 valence electrons. The van der Waals surface area contributed by atoms with E-state index in [1.54, 1.807) is 11.0 Å². The van der Waals surface area contributed by atoms with E-state index in [1.807, 2.05) is 30.3 Å². The Morgan fingerprint density at radius 2 is 1.81 bits per heavy atom. The topological polar surface area (TPSA) is 69.0 Å². The Kier molecular flexibility index (Phi) is 4.75. The maximum Gasteiger partial charge on any atom is 0.410 e. The summed E-state index contributed by atoms with van der Waals surface area (Å²) < 4.78 is 16.1. The molecule has 2 saturated heterocycles. The van der Waals surface area contributed by atoms with Gasteiger partial charge in [-0.15, -0.1) is 0 Å². The van der Waals surface area contributed by atoms with Gasteiger partial charge in [0.1, 0.15) is 12.9 Å². The molecule has 2 atom stereocenters. The van der Waals surface area contributed by atoms with Gasteiger partial charge in [0.2, 0.25) is 0 Å². The molecule has 3 heterocycles. The summed E-state index contributed by atoms with van der Waals surface area (Å²) in [6.07, 6.45) is 3.82. The first-order valence-electron chi connectivity index (χ1n) is 8.85. The van der Waals surface area contributed by atoms with Gasteiger partial charge in [0.25, 0.3) is 0 Å². The zero-order valence-electron chi connectivity index (χ0n) is 14.4. The van der Waals surface area contributed by atoms with Gasteiger partial charge in [-0.05, 0) is 24.5 Å². The second kappa shape index (κ2) is 7.33. The number of rotatable bonds is 4. The van der Waals surface area contributed by atoms with Gasteiger partial charge in [-0.3, -0.25) is 9.69 Å². The van der Waals surface area contributed by atoms with Crippen LogP contribution in [0.25, 0.3) is 0 Å². The highest BCUT2D eigenvalue weighted by Gasteiger charge is 2.44. The van der Waals surface area contributed by atoms with Crippen LogP contribution in [0.3, 0.4) is 0 Å². The zero-order valence-corrected chi connectivity index (χ0v) is 14.4. The third-order valence-electron chi connectivity index (χ3n) is 5.11. The Morgan fingerprint density at radius 3 is 2.46 bits per heavy atom. The molecule has 2 aliphatic heterocycles. The van der Waals surface area contributed by atoms with Crippen LogP contribution >= 0.6 is 0 Å². The molecule has 1 aromatic carbocycles. The summed E-state index contributed by atoms with van der Waals surface area (Å²) in [7, 11) is 0. The average Bonchev–Trinajstić information content (AvgIpc) is 3.20. The first-order chi connectivity index (χ1) is 12.7. The molecule has 2 fully saturated rings. The van der Waals surface area contributed by atoms with E-state index in [1.165, 1.54) is 12.5 Å². The molecule has 6 heteroatoms. The number of ether oxygens (including phenoxy) is 2. The number of hydrogen-bond donors (Lipinski definition) is 0. The zero-order chi connectivity index (χ0) is 17.9. The van der Waals surface area contributed by atoms with Crippen molar-refractivity contribution in [1.82, 2.24) is 4.90 Å². The van der Waals surface area contributed by atoms with Crippen molar-refractivity contribution in [3.05, 3.63) is 60.1 Å². The SMILES string of the molecule is O=C(c1ccoc1)C1CC2COCC(C1)N2C(=O)OCc1ccccc1. The lowest BCUT2D eigenvalue weighted by Crippen LogP contribution is -2.59. The molecule has 6 nitrogen and oxygen atoms in total. The number of fused-ring (bicyclic) bond motifs is 2. The van der Waals surface area contributed by atoms with Crippen LogP contribution in [0.2, 0.25) is 0 Å². The third-order valence-corrected chi connectivity index (χ3v) is 5.11. The summed E-state index contributed by atoms with van der Waals surface area (Å²) in [5.74, 6) is -0.0439. The molecule has 0 N–H and O–H groups in total. The molecular formula is C20H21NO5. The van der Waals surface area contributed by atoms with E-state index in [2.05, 4.69) is 0 Å². The predicted octanol–water partition coefficient (Wildman–Crippen LogP) is 3.28. The van der Waals surface area contributed by atoms with Gasteiger partial charge in [0, 0.05) is 5.92 Å². The lowest BCUT2D eigenvalue weighted by atomic mass is 9.81. The fraction of sp³-hybridized carbons (Fsp3) is 0.400. The van der Waals surface area contributed by atoms with Crippen LogP contribution < -0.4 is 0 Å². The maximum atomic E-state index is 12.6. The quantitative estimate of drug-likeness (QED) is 0.787. The summed E-state index contributed by atoms with van der Waals surface area (Å²) >= 11 is 0. The van der Waals surface area contributed by atoms with Gasteiger partial charge in [-0.25, -0.2) is 4.79 Å². The summed E-state index contributed by atoms with van der Waals surface area (Å²) in [4.78, 5) is 27.1. The van der Waals surface area contributed by atoms with Crippen molar-refractivity contribution in [2.75, 3.05) is 13.2 Å². The number of amides is 1. The smallest absolute Gasteiger partial charge is 0.410 e. The molecule has 0 radical (unpaired) electrons. The molecule has 2 bridgehead atoms. The van der Waals surface area contributed by atoms with Gasteiger partial charge in [-0.1, -0.05) is 30.3 Å². The van der Waals surface area contributed by atoms with E-state index in [-0.39, 0.29) is 36.5 Å². The third kappa shape index (κ3) is 3.37. The largest absolute Gasteiger partial charge is 0.472 e. The molecule has 26 heavy (non-hydrogen) atoms. The van der Waals surface area contributed by atoms with E-state index >= 15 is 0 Å². The van der Waals surface area contributed by atoms with E-state index in [9.17, 15) is 9.59 Å². The van der Waals surface area contributed by atoms with E-state index in [0.717, 1.165) is 5.56 Å². The van der Waals surface area contributed by atoms with Crippen LogP contribution in [0.1, 0.15) is 28.8 Å². The van der Waals surface area contributed by atoms with Crippen molar-refractivity contribution in [1.29, 1.82) is 0 Å². The molecule has 4 rings (SSSR count). The fourth-order valence-electron chi connectivity index (χ4n) is 3.86. The Balaban J connectivity index is 1.42. The second-order valence-corrected chi connectivity index (χ2v) is 6.84. The molecule has 1 aromatic heterocycles. The Morgan fingerprint density at radius 1 is 1.08 bits per heavy atom. The number of nitrogens with zero attached hydrogens (tertiary/aromatic N) is 1. The fourth-order valence-corrected chi connectivity index (χ4v) is 3.86. The monoisotopic (exact) mass is 355 g/mol. The summed E-state index contributed by atoms with van der Waals surface area (Å²) in [6, 6.07) is 11.0.